The van der Waals surface area contributed by atoms with E-state index in [1.54, 1.807) is 0 Å². The normalized spacial score (nSPS) is 44.1. The molecule has 102 valence electrons. The molecular formula is C16H26O2. The van der Waals surface area contributed by atoms with Gasteiger partial charge in [0.1, 0.15) is 0 Å². The molecule has 4 atom stereocenters. The van der Waals surface area contributed by atoms with Crippen molar-refractivity contribution in [3.63, 3.8) is 0 Å². The Labute approximate surface area is 111 Å². The molecule has 2 aliphatic rings. The first-order chi connectivity index (χ1) is 8.50. The van der Waals surface area contributed by atoms with E-state index in [0.29, 0.717) is 0 Å². The van der Waals surface area contributed by atoms with Crippen LogP contribution in [0.25, 0.3) is 0 Å². The monoisotopic (exact) mass is 250 g/mol. The largest absolute Gasteiger partial charge is 0.369 e. The quantitative estimate of drug-likeness (QED) is 0.702. The van der Waals surface area contributed by atoms with Crippen LogP contribution in [0.3, 0.4) is 0 Å². The summed E-state index contributed by atoms with van der Waals surface area (Å²) >= 11 is 0. The minimum Gasteiger partial charge on any atom is -0.369 e. The number of rotatable bonds is 4. The zero-order valence-corrected chi connectivity index (χ0v) is 11.8. The van der Waals surface area contributed by atoms with Gasteiger partial charge in [0.2, 0.25) is 0 Å². The second kappa shape index (κ2) is 5.18. The van der Waals surface area contributed by atoms with E-state index >= 15 is 0 Å². The molecule has 2 rings (SSSR count). The second-order valence-corrected chi connectivity index (χ2v) is 6.28. The number of ether oxygens (including phenoxy) is 2. The van der Waals surface area contributed by atoms with Gasteiger partial charge >= 0.3 is 0 Å². The van der Waals surface area contributed by atoms with E-state index in [-0.39, 0.29) is 23.4 Å². The fraction of sp³-hybridized carbons (Fsp3) is 0.750. The van der Waals surface area contributed by atoms with Crippen LogP contribution in [-0.2, 0) is 9.47 Å². The molecule has 18 heavy (non-hydrogen) atoms. The summed E-state index contributed by atoms with van der Waals surface area (Å²) in [4.78, 5) is 0. The molecule has 0 spiro atoms. The second-order valence-electron chi connectivity index (χ2n) is 6.28. The molecule has 0 unspecified atom stereocenters. The molecule has 2 nitrogen and oxygen atoms in total. The third-order valence-electron chi connectivity index (χ3n) is 4.35. The van der Waals surface area contributed by atoms with Crippen LogP contribution < -0.4 is 0 Å². The summed E-state index contributed by atoms with van der Waals surface area (Å²) in [5.74, 6) is 0. The Balaban J connectivity index is 1.99. The highest BCUT2D eigenvalue weighted by molar-refractivity contribution is 4.97. The summed E-state index contributed by atoms with van der Waals surface area (Å²) in [6.45, 7) is 12.1. The molecule has 2 heteroatoms. The van der Waals surface area contributed by atoms with Gasteiger partial charge < -0.3 is 9.47 Å². The van der Waals surface area contributed by atoms with Gasteiger partial charge in [0.05, 0.1) is 23.4 Å². The molecule has 0 aromatic rings. The van der Waals surface area contributed by atoms with Gasteiger partial charge in [-0.05, 0) is 52.4 Å². The van der Waals surface area contributed by atoms with Crippen LogP contribution in [0, 0.1) is 0 Å². The fourth-order valence-electron chi connectivity index (χ4n) is 3.30. The maximum atomic E-state index is 6.27. The van der Waals surface area contributed by atoms with Crippen LogP contribution in [0.5, 0.6) is 0 Å². The molecule has 0 aromatic heterocycles. The zero-order chi connectivity index (χ0) is 13.2. The van der Waals surface area contributed by atoms with Crippen LogP contribution in [-0.4, -0.2) is 23.4 Å². The van der Waals surface area contributed by atoms with Crippen molar-refractivity contribution in [3.8, 4) is 0 Å². The van der Waals surface area contributed by atoms with E-state index < -0.39 is 0 Å². The predicted molar refractivity (Wildman–Crippen MR) is 74.7 cm³/mol. The lowest BCUT2D eigenvalue weighted by molar-refractivity contribution is -0.240. The van der Waals surface area contributed by atoms with Crippen molar-refractivity contribution in [2.75, 3.05) is 0 Å². The molecule has 0 amide bonds. The minimum atomic E-state index is -0.0293. The third-order valence-corrected chi connectivity index (χ3v) is 4.35. The summed E-state index contributed by atoms with van der Waals surface area (Å²) in [7, 11) is 0. The third kappa shape index (κ3) is 2.86. The molecule has 0 radical (unpaired) electrons. The predicted octanol–water partition coefficient (Wildman–Crippen LogP) is 4.01. The zero-order valence-electron chi connectivity index (χ0n) is 11.8. The van der Waals surface area contributed by atoms with E-state index in [9.17, 15) is 0 Å². The van der Waals surface area contributed by atoms with Crippen LogP contribution >= 0.6 is 0 Å². The van der Waals surface area contributed by atoms with Crippen LogP contribution in [0.1, 0.15) is 52.4 Å². The first kappa shape index (κ1) is 13.8. The van der Waals surface area contributed by atoms with Gasteiger partial charge in [-0.1, -0.05) is 12.2 Å². The number of hydrogen-bond acceptors (Lipinski definition) is 2. The Morgan fingerprint density at radius 1 is 0.944 bits per heavy atom. The first-order valence-corrected chi connectivity index (χ1v) is 7.08. The summed E-state index contributed by atoms with van der Waals surface area (Å²) < 4.78 is 12.5. The van der Waals surface area contributed by atoms with Crippen molar-refractivity contribution in [1.82, 2.24) is 0 Å². The van der Waals surface area contributed by atoms with Gasteiger partial charge in [0.15, 0.2) is 0 Å². The SMILES string of the molecule is C=CC[C@@]1(C)CC[C@H]2O[C@](C)(CC=C)CC[C@@H]2O1. The average Bonchev–Trinajstić information content (AvgIpc) is 2.30. The number of hydrogen-bond donors (Lipinski definition) is 0. The summed E-state index contributed by atoms with van der Waals surface area (Å²) in [5.41, 5.74) is -0.0586. The van der Waals surface area contributed by atoms with Gasteiger partial charge in [-0.15, -0.1) is 13.2 Å². The Morgan fingerprint density at radius 2 is 1.33 bits per heavy atom. The maximum Gasteiger partial charge on any atom is 0.0845 e. The lowest BCUT2D eigenvalue weighted by Gasteiger charge is -2.49. The molecule has 0 aromatic carbocycles. The molecule has 0 N–H and O–H groups in total. The highest BCUT2D eigenvalue weighted by Crippen LogP contribution is 2.41. The van der Waals surface area contributed by atoms with Crippen LogP contribution in [0.2, 0.25) is 0 Å². The Kier molecular flexibility index (Phi) is 3.98. The fourth-order valence-corrected chi connectivity index (χ4v) is 3.30. The van der Waals surface area contributed by atoms with Crippen molar-refractivity contribution in [2.24, 2.45) is 0 Å². The Bertz CT molecular complexity index is 293. The highest BCUT2D eigenvalue weighted by atomic mass is 16.6. The minimum absolute atomic E-state index is 0.0293. The van der Waals surface area contributed by atoms with E-state index in [0.717, 1.165) is 38.5 Å². The van der Waals surface area contributed by atoms with E-state index in [1.165, 1.54) is 0 Å². The Hall–Kier alpha value is -0.600. The van der Waals surface area contributed by atoms with Crippen molar-refractivity contribution in [2.45, 2.75) is 75.8 Å². The molecule has 0 aliphatic carbocycles. The molecular weight excluding hydrogens is 224 g/mol. The van der Waals surface area contributed by atoms with E-state index in [2.05, 4.69) is 27.0 Å². The average molecular weight is 250 g/mol. The summed E-state index contributed by atoms with van der Waals surface area (Å²) in [6, 6.07) is 0. The molecule has 2 aliphatic heterocycles. The highest BCUT2D eigenvalue weighted by Gasteiger charge is 2.44. The van der Waals surface area contributed by atoms with Gasteiger partial charge in [-0.3, -0.25) is 0 Å². The smallest absolute Gasteiger partial charge is 0.0845 e. The van der Waals surface area contributed by atoms with Gasteiger partial charge in [-0.2, -0.15) is 0 Å². The lowest BCUT2D eigenvalue weighted by Crippen LogP contribution is -2.53. The topological polar surface area (TPSA) is 18.5 Å². The van der Waals surface area contributed by atoms with Crippen LogP contribution in [0.4, 0.5) is 0 Å². The van der Waals surface area contributed by atoms with Gasteiger partial charge in [-0.25, -0.2) is 0 Å². The Morgan fingerprint density at radius 3 is 1.67 bits per heavy atom. The van der Waals surface area contributed by atoms with E-state index in [1.807, 2.05) is 12.2 Å². The summed E-state index contributed by atoms with van der Waals surface area (Å²) in [5, 5.41) is 0. The lowest BCUT2D eigenvalue weighted by atomic mass is 9.82. The molecule has 0 saturated carbocycles. The standard InChI is InChI=1S/C16H26O2/c1-5-9-15(3)11-7-14-13(17-15)8-12-16(4,18-14)10-6-2/h5-6,13-14H,1-2,7-12H2,3-4H3/t13-,14+,15-,16+. The van der Waals surface area contributed by atoms with Gasteiger partial charge in [0, 0.05) is 0 Å². The van der Waals surface area contributed by atoms with E-state index in [4.69, 9.17) is 9.47 Å². The molecule has 2 saturated heterocycles. The van der Waals surface area contributed by atoms with Crippen molar-refractivity contribution >= 4 is 0 Å². The molecule has 2 fully saturated rings. The van der Waals surface area contributed by atoms with Gasteiger partial charge in [0.25, 0.3) is 0 Å². The first-order valence-electron chi connectivity index (χ1n) is 7.08. The van der Waals surface area contributed by atoms with Crippen LogP contribution in [0.15, 0.2) is 25.3 Å². The number of fused-ring (bicyclic) bond motifs is 1. The molecule has 0 bridgehead atoms. The summed E-state index contributed by atoms with van der Waals surface area (Å²) in [6.07, 6.45) is 10.6. The molecule has 2 heterocycles. The van der Waals surface area contributed by atoms with Crippen molar-refractivity contribution < 1.29 is 9.47 Å². The van der Waals surface area contributed by atoms with Crippen molar-refractivity contribution in [1.29, 1.82) is 0 Å². The maximum absolute atomic E-state index is 6.27. The van der Waals surface area contributed by atoms with Crippen molar-refractivity contribution in [3.05, 3.63) is 25.3 Å².